The minimum absolute atomic E-state index is 0.138. The SMILES string of the molecule is Cc1nc(CN(C)[C@@H]2CCN(CC(=O)N3CCO[C@@H](C)C3)C2)no1. The Morgan fingerprint density at radius 1 is 1.38 bits per heavy atom. The number of carbonyl (C=O) groups excluding carboxylic acids is 1. The normalized spacial score (nSPS) is 25.6. The Morgan fingerprint density at radius 2 is 2.21 bits per heavy atom. The van der Waals surface area contributed by atoms with Crippen LogP contribution in [0, 0.1) is 6.92 Å². The third kappa shape index (κ3) is 4.31. The van der Waals surface area contributed by atoms with Crippen molar-refractivity contribution in [2.45, 2.75) is 39.0 Å². The number of carbonyl (C=O) groups is 1. The standard InChI is InChI=1S/C16H27N5O3/c1-12-8-21(6-7-23-12)16(22)11-20-5-4-14(9-20)19(3)10-15-17-13(2)24-18-15/h12,14H,4-11H2,1-3H3/t12-,14+/m0/s1. The Labute approximate surface area is 142 Å². The molecule has 0 radical (unpaired) electrons. The van der Waals surface area contributed by atoms with Crippen molar-refractivity contribution < 1.29 is 14.1 Å². The highest BCUT2D eigenvalue weighted by atomic mass is 16.5. The van der Waals surface area contributed by atoms with Crippen LogP contribution < -0.4 is 0 Å². The molecule has 1 aromatic heterocycles. The number of aromatic nitrogens is 2. The summed E-state index contributed by atoms with van der Waals surface area (Å²) in [5.41, 5.74) is 0. The second kappa shape index (κ2) is 7.58. The minimum atomic E-state index is 0.138. The summed E-state index contributed by atoms with van der Waals surface area (Å²) in [5, 5.41) is 3.95. The first-order chi connectivity index (χ1) is 11.5. The molecule has 2 aliphatic heterocycles. The van der Waals surface area contributed by atoms with Gasteiger partial charge in [-0.05, 0) is 20.4 Å². The lowest BCUT2D eigenvalue weighted by Gasteiger charge is -2.32. The van der Waals surface area contributed by atoms with Crippen LogP contribution >= 0.6 is 0 Å². The predicted molar refractivity (Wildman–Crippen MR) is 87.3 cm³/mol. The topological polar surface area (TPSA) is 74.9 Å². The summed E-state index contributed by atoms with van der Waals surface area (Å²) in [6.45, 7) is 8.88. The zero-order valence-corrected chi connectivity index (χ0v) is 14.8. The van der Waals surface area contributed by atoms with E-state index in [2.05, 4.69) is 27.0 Å². The maximum absolute atomic E-state index is 12.5. The second-order valence-corrected chi connectivity index (χ2v) is 6.84. The van der Waals surface area contributed by atoms with Crippen LogP contribution in [-0.2, 0) is 16.1 Å². The van der Waals surface area contributed by atoms with Gasteiger partial charge in [0.25, 0.3) is 0 Å². The number of amides is 1. The van der Waals surface area contributed by atoms with Crippen molar-refractivity contribution in [2.75, 3.05) is 46.4 Å². The van der Waals surface area contributed by atoms with Crippen molar-refractivity contribution in [2.24, 2.45) is 0 Å². The summed E-state index contributed by atoms with van der Waals surface area (Å²) in [6, 6.07) is 0.417. The maximum atomic E-state index is 12.5. The van der Waals surface area contributed by atoms with Crippen LogP contribution in [0.5, 0.6) is 0 Å². The molecule has 2 fully saturated rings. The molecular weight excluding hydrogens is 310 g/mol. The van der Waals surface area contributed by atoms with Gasteiger partial charge in [-0.25, -0.2) is 0 Å². The Kier molecular flexibility index (Phi) is 5.47. The Hall–Kier alpha value is -1.51. The van der Waals surface area contributed by atoms with E-state index in [0.717, 1.165) is 19.5 Å². The monoisotopic (exact) mass is 337 g/mol. The molecule has 0 N–H and O–H groups in total. The second-order valence-electron chi connectivity index (χ2n) is 6.84. The van der Waals surface area contributed by atoms with E-state index in [1.165, 1.54) is 0 Å². The largest absolute Gasteiger partial charge is 0.375 e. The summed E-state index contributed by atoms with van der Waals surface area (Å²) in [5.74, 6) is 1.52. The third-order valence-corrected chi connectivity index (χ3v) is 4.78. The van der Waals surface area contributed by atoms with Crippen molar-refractivity contribution in [1.29, 1.82) is 0 Å². The molecule has 3 rings (SSSR count). The number of hydrogen-bond acceptors (Lipinski definition) is 7. The molecule has 2 saturated heterocycles. The lowest BCUT2D eigenvalue weighted by atomic mass is 10.2. The molecule has 0 spiro atoms. The molecule has 134 valence electrons. The van der Waals surface area contributed by atoms with Gasteiger partial charge in [0.2, 0.25) is 11.8 Å². The van der Waals surface area contributed by atoms with Gasteiger partial charge in [0.1, 0.15) is 0 Å². The summed E-state index contributed by atoms with van der Waals surface area (Å²) < 4.78 is 10.5. The highest BCUT2D eigenvalue weighted by Crippen LogP contribution is 2.16. The summed E-state index contributed by atoms with van der Waals surface area (Å²) in [6.07, 6.45) is 1.19. The molecule has 1 aromatic rings. The van der Waals surface area contributed by atoms with Crippen molar-refractivity contribution in [1.82, 2.24) is 24.8 Å². The zero-order chi connectivity index (χ0) is 17.1. The van der Waals surface area contributed by atoms with E-state index in [9.17, 15) is 4.79 Å². The Morgan fingerprint density at radius 3 is 2.92 bits per heavy atom. The lowest BCUT2D eigenvalue weighted by molar-refractivity contribution is -0.139. The fourth-order valence-corrected chi connectivity index (χ4v) is 3.41. The van der Waals surface area contributed by atoms with Gasteiger partial charge in [-0.15, -0.1) is 0 Å². The average Bonchev–Trinajstić information content (AvgIpc) is 3.16. The lowest BCUT2D eigenvalue weighted by Crippen LogP contribution is -2.48. The molecule has 0 aromatic carbocycles. The van der Waals surface area contributed by atoms with Gasteiger partial charge in [0, 0.05) is 39.1 Å². The number of rotatable bonds is 5. The van der Waals surface area contributed by atoms with E-state index in [4.69, 9.17) is 9.26 Å². The first kappa shape index (κ1) is 17.3. The van der Waals surface area contributed by atoms with E-state index >= 15 is 0 Å². The van der Waals surface area contributed by atoms with Gasteiger partial charge in [-0.2, -0.15) is 4.98 Å². The van der Waals surface area contributed by atoms with Gasteiger partial charge in [-0.1, -0.05) is 5.16 Å². The van der Waals surface area contributed by atoms with Crippen molar-refractivity contribution in [3.63, 3.8) is 0 Å². The fourth-order valence-electron chi connectivity index (χ4n) is 3.41. The smallest absolute Gasteiger partial charge is 0.236 e. The van der Waals surface area contributed by atoms with E-state index in [0.29, 0.717) is 50.5 Å². The van der Waals surface area contributed by atoms with E-state index in [1.807, 2.05) is 11.8 Å². The molecule has 8 heteroatoms. The molecule has 0 saturated carbocycles. The van der Waals surface area contributed by atoms with Crippen LogP contribution in [-0.4, -0.2) is 89.3 Å². The molecule has 3 heterocycles. The Balaban J connectivity index is 1.45. The van der Waals surface area contributed by atoms with Gasteiger partial charge < -0.3 is 14.2 Å². The van der Waals surface area contributed by atoms with Crippen LogP contribution in [0.4, 0.5) is 0 Å². The summed E-state index contributed by atoms with van der Waals surface area (Å²) in [7, 11) is 2.07. The van der Waals surface area contributed by atoms with Gasteiger partial charge in [0.15, 0.2) is 5.82 Å². The first-order valence-corrected chi connectivity index (χ1v) is 8.62. The third-order valence-electron chi connectivity index (χ3n) is 4.78. The van der Waals surface area contributed by atoms with Crippen molar-refractivity contribution in [3.8, 4) is 0 Å². The minimum Gasteiger partial charge on any atom is -0.375 e. The van der Waals surface area contributed by atoms with Crippen LogP contribution in [0.3, 0.4) is 0 Å². The molecular formula is C16H27N5O3. The van der Waals surface area contributed by atoms with E-state index < -0.39 is 0 Å². The van der Waals surface area contributed by atoms with E-state index in [-0.39, 0.29) is 12.0 Å². The summed E-state index contributed by atoms with van der Waals surface area (Å²) >= 11 is 0. The fraction of sp³-hybridized carbons (Fsp3) is 0.812. The molecule has 2 atom stereocenters. The number of ether oxygens (including phenoxy) is 1. The van der Waals surface area contributed by atoms with Crippen molar-refractivity contribution in [3.05, 3.63) is 11.7 Å². The number of likely N-dealkylation sites (tertiary alicyclic amines) is 1. The Bertz CT molecular complexity index is 564. The number of nitrogens with zero attached hydrogens (tertiary/aromatic N) is 5. The predicted octanol–water partition coefficient (Wildman–Crippen LogP) is 0.131. The molecule has 0 unspecified atom stereocenters. The van der Waals surface area contributed by atoms with Crippen LogP contribution in [0.1, 0.15) is 25.1 Å². The first-order valence-electron chi connectivity index (χ1n) is 8.62. The highest BCUT2D eigenvalue weighted by Gasteiger charge is 2.29. The zero-order valence-electron chi connectivity index (χ0n) is 14.8. The summed E-state index contributed by atoms with van der Waals surface area (Å²) in [4.78, 5) is 23.1. The molecule has 0 bridgehead atoms. The average molecular weight is 337 g/mol. The molecule has 0 aliphatic carbocycles. The molecule has 1 amide bonds. The van der Waals surface area contributed by atoms with Gasteiger partial charge in [-0.3, -0.25) is 14.6 Å². The molecule has 24 heavy (non-hydrogen) atoms. The van der Waals surface area contributed by atoms with Crippen LogP contribution in [0.25, 0.3) is 0 Å². The maximum Gasteiger partial charge on any atom is 0.236 e. The van der Waals surface area contributed by atoms with E-state index in [1.54, 1.807) is 6.92 Å². The van der Waals surface area contributed by atoms with Gasteiger partial charge in [0.05, 0.1) is 25.8 Å². The highest BCUT2D eigenvalue weighted by molar-refractivity contribution is 5.78. The van der Waals surface area contributed by atoms with Crippen molar-refractivity contribution >= 4 is 5.91 Å². The van der Waals surface area contributed by atoms with Crippen LogP contribution in [0.15, 0.2) is 4.52 Å². The van der Waals surface area contributed by atoms with Crippen LogP contribution in [0.2, 0.25) is 0 Å². The number of morpholine rings is 1. The molecule has 2 aliphatic rings. The number of aryl methyl sites for hydroxylation is 1. The number of hydrogen-bond donors (Lipinski definition) is 0. The molecule has 8 nitrogen and oxygen atoms in total. The quantitative estimate of drug-likeness (QED) is 0.756. The van der Waals surface area contributed by atoms with Gasteiger partial charge >= 0.3 is 0 Å². The number of likely N-dealkylation sites (N-methyl/N-ethyl adjacent to an activating group) is 1.